The Labute approximate surface area is 142 Å². The van der Waals surface area contributed by atoms with Crippen LogP contribution in [-0.2, 0) is 4.79 Å². The second-order valence-electron chi connectivity index (χ2n) is 5.47. The Bertz CT molecular complexity index is 755. The van der Waals surface area contributed by atoms with Gasteiger partial charge in [-0.25, -0.2) is 4.98 Å². The van der Waals surface area contributed by atoms with Gasteiger partial charge in [0, 0.05) is 5.75 Å². The van der Waals surface area contributed by atoms with Gasteiger partial charge in [-0.15, -0.1) is 23.1 Å². The van der Waals surface area contributed by atoms with Crippen LogP contribution in [0.5, 0.6) is 0 Å². The van der Waals surface area contributed by atoms with Crippen LogP contribution in [0.25, 0.3) is 10.4 Å². The van der Waals surface area contributed by atoms with Crippen molar-refractivity contribution < 1.29 is 9.59 Å². The van der Waals surface area contributed by atoms with Crippen LogP contribution in [0.4, 0.5) is 0 Å². The van der Waals surface area contributed by atoms with E-state index in [4.69, 9.17) is 5.73 Å². The fourth-order valence-electron chi connectivity index (χ4n) is 2.49. The van der Waals surface area contributed by atoms with Crippen molar-refractivity contribution in [1.29, 1.82) is 0 Å². The van der Waals surface area contributed by atoms with Crippen molar-refractivity contribution in [2.75, 3.05) is 11.6 Å². The molecule has 1 saturated heterocycles. The average Bonchev–Trinajstić information content (AvgIpc) is 3.14. The molecule has 2 aromatic rings. The molecule has 120 valence electrons. The number of carbonyl (C=O) groups excluding carboxylic acids is 2. The van der Waals surface area contributed by atoms with Gasteiger partial charge in [0.15, 0.2) is 0 Å². The van der Waals surface area contributed by atoms with Crippen LogP contribution in [0.3, 0.4) is 0 Å². The predicted octanol–water partition coefficient (Wildman–Crippen LogP) is 2.43. The topological polar surface area (TPSA) is 76.3 Å². The number of benzene rings is 1. The largest absolute Gasteiger partial charge is 0.368 e. The molecule has 0 spiro atoms. The van der Waals surface area contributed by atoms with Gasteiger partial charge in [-0.2, -0.15) is 0 Å². The van der Waals surface area contributed by atoms with E-state index < -0.39 is 11.9 Å². The van der Waals surface area contributed by atoms with Gasteiger partial charge in [0.05, 0.1) is 15.8 Å². The highest BCUT2D eigenvalue weighted by Crippen LogP contribution is 2.33. The molecule has 1 aliphatic rings. The summed E-state index contributed by atoms with van der Waals surface area (Å²) in [5.41, 5.74) is 7.94. The van der Waals surface area contributed by atoms with Crippen LogP contribution >= 0.6 is 23.1 Å². The third-order valence-electron chi connectivity index (χ3n) is 3.72. The number of amides is 2. The summed E-state index contributed by atoms with van der Waals surface area (Å²) in [6, 6.07) is 7.44. The number of thioether (sulfide) groups is 1. The second kappa shape index (κ2) is 6.33. The van der Waals surface area contributed by atoms with E-state index in [0.717, 1.165) is 21.0 Å². The molecule has 0 saturated carbocycles. The predicted molar refractivity (Wildman–Crippen MR) is 93.5 cm³/mol. The fourth-order valence-corrected chi connectivity index (χ4v) is 4.57. The van der Waals surface area contributed by atoms with E-state index in [2.05, 4.69) is 4.98 Å². The molecule has 3 rings (SSSR count). The fraction of sp³-hybridized carbons (Fsp3) is 0.312. The number of nitrogens with two attached hydrogens (primary N) is 1. The highest BCUT2D eigenvalue weighted by atomic mass is 32.2. The second-order valence-corrected chi connectivity index (χ2v) is 7.67. The van der Waals surface area contributed by atoms with Crippen LogP contribution in [0.15, 0.2) is 24.3 Å². The van der Waals surface area contributed by atoms with E-state index in [1.165, 1.54) is 28.0 Å². The lowest BCUT2D eigenvalue weighted by molar-refractivity contribution is -0.121. The summed E-state index contributed by atoms with van der Waals surface area (Å²) in [4.78, 5) is 31.2. The SMILES string of the molecule is Cc1ccc(-c2sc(C)nc2C(=O)N2CSC[C@H]2C(N)=O)cc1. The molecule has 0 aliphatic carbocycles. The maximum atomic E-state index is 12.9. The molecule has 1 fully saturated rings. The monoisotopic (exact) mass is 347 g/mol. The highest BCUT2D eigenvalue weighted by Gasteiger charge is 2.35. The number of hydrogen-bond acceptors (Lipinski definition) is 5. The number of thiazole rings is 1. The summed E-state index contributed by atoms with van der Waals surface area (Å²) in [6.07, 6.45) is 0. The molecule has 2 amide bonds. The third-order valence-corrected chi connectivity index (χ3v) is 5.75. The van der Waals surface area contributed by atoms with E-state index in [1.807, 2.05) is 38.1 Å². The van der Waals surface area contributed by atoms with E-state index >= 15 is 0 Å². The molecule has 1 aromatic carbocycles. The number of carbonyl (C=O) groups is 2. The number of aromatic nitrogens is 1. The molecule has 1 atom stereocenters. The van der Waals surface area contributed by atoms with Gasteiger partial charge >= 0.3 is 0 Å². The van der Waals surface area contributed by atoms with Crippen LogP contribution in [0, 0.1) is 13.8 Å². The highest BCUT2D eigenvalue weighted by molar-refractivity contribution is 7.99. The zero-order valence-corrected chi connectivity index (χ0v) is 14.5. The van der Waals surface area contributed by atoms with Gasteiger partial charge in [0.2, 0.25) is 5.91 Å². The van der Waals surface area contributed by atoms with Crippen molar-refractivity contribution >= 4 is 34.9 Å². The minimum absolute atomic E-state index is 0.223. The molecule has 1 aromatic heterocycles. The molecule has 5 nitrogen and oxygen atoms in total. The molecule has 23 heavy (non-hydrogen) atoms. The number of rotatable bonds is 3. The summed E-state index contributed by atoms with van der Waals surface area (Å²) in [6.45, 7) is 3.90. The molecular formula is C16H17N3O2S2. The molecule has 2 N–H and O–H groups in total. The van der Waals surface area contributed by atoms with E-state index in [9.17, 15) is 9.59 Å². The van der Waals surface area contributed by atoms with Crippen molar-refractivity contribution in [3.8, 4) is 10.4 Å². The molecule has 0 unspecified atom stereocenters. The summed E-state index contributed by atoms with van der Waals surface area (Å²) in [7, 11) is 0. The van der Waals surface area contributed by atoms with E-state index in [0.29, 0.717) is 17.3 Å². The summed E-state index contributed by atoms with van der Waals surface area (Å²) in [5, 5.41) is 0.825. The quantitative estimate of drug-likeness (QED) is 0.925. The summed E-state index contributed by atoms with van der Waals surface area (Å²) >= 11 is 3.02. The van der Waals surface area contributed by atoms with Crippen LogP contribution in [0.2, 0.25) is 0 Å². The third kappa shape index (κ3) is 3.11. The van der Waals surface area contributed by atoms with Gasteiger partial charge < -0.3 is 10.6 Å². The Balaban J connectivity index is 1.98. The molecule has 1 aliphatic heterocycles. The minimum atomic E-state index is -0.555. The Morgan fingerprint density at radius 1 is 1.26 bits per heavy atom. The first kappa shape index (κ1) is 16.0. The lowest BCUT2D eigenvalue weighted by atomic mass is 10.1. The first-order valence-corrected chi connectivity index (χ1v) is 9.17. The molecule has 2 heterocycles. The first-order valence-electron chi connectivity index (χ1n) is 7.20. The molecular weight excluding hydrogens is 330 g/mol. The maximum absolute atomic E-state index is 12.9. The zero-order valence-electron chi connectivity index (χ0n) is 12.9. The van der Waals surface area contributed by atoms with Crippen LogP contribution in [-0.4, -0.2) is 39.4 Å². The lowest BCUT2D eigenvalue weighted by Crippen LogP contribution is -2.45. The van der Waals surface area contributed by atoms with E-state index in [1.54, 1.807) is 0 Å². The lowest BCUT2D eigenvalue weighted by Gasteiger charge is -2.20. The Kier molecular flexibility index (Phi) is 4.41. The summed E-state index contributed by atoms with van der Waals surface area (Å²) in [5.74, 6) is 0.325. The Morgan fingerprint density at radius 2 is 1.96 bits per heavy atom. The Morgan fingerprint density at radius 3 is 2.61 bits per heavy atom. The zero-order chi connectivity index (χ0) is 16.6. The van der Waals surface area contributed by atoms with Crippen molar-refractivity contribution in [2.45, 2.75) is 19.9 Å². The van der Waals surface area contributed by atoms with Gasteiger partial charge in [-0.1, -0.05) is 29.8 Å². The standard InChI is InChI=1S/C16H17N3O2S2/c1-9-3-5-11(6-4-9)14-13(18-10(2)23-14)16(21)19-8-22-7-12(19)15(17)20/h3-6,12H,7-8H2,1-2H3,(H2,17,20)/t12-/m0/s1. The number of hydrogen-bond donors (Lipinski definition) is 1. The molecule has 0 radical (unpaired) electrons. The van der Waals surface area contributed by atoms with Crippen molar-refractivity contribution in [3.63, 3.8) is 0 Å². The first-order chi connectivity index (χ1) is 11.0. The maximum Gasteiger partial charge on any atom is 0.275 e. The van der Waals surface area contributed by atoms with Crippen LogP contribution < -0.4 is 5.73 Å². The normalized spacial score (nSPS) is 17.5. The minimum Gasteiger partial charge on any atom is -0.368 e. The van der Waals surface area contributed by atoms with Gasteiger partial charge in [0.1, 0.15) is 11.7 Å². The van der Waals surface area contributed by atoms with Gasteiger partial charge in [-0.3, -0.25) is 9.59 Å². The van der Waals surface area contributed by atoms with Gasteiger partial charge in [-0.05, 0) is 19.4 Å². The molecule has 0 bridgehead atoms. The van der Waals surface area contributed by atoms with Crippen molar-refractivity contribution in [1.82, 2.24) is 9.88 Å². The van der Waals surface area contributed by atoms with Gasteiger partial charge in [0.25, 0.3) is 5.91 Å². The number of nitrogens with zero attached hydrogens (tertiary/aromatic N) is 2. The average molecular weight is 347 g/mol. The van der Waals surface area contributed by atoms with E-state index in [-0.39, 0.29) is 5.91 Å². The summed E-state index contributed by atoms with van der Waals surface area (Å²) < 4.78 is 0. The Hall–Kier alpha value is -1.86. The van der Waals surface area contributed by atoms with Crippen LogP contribution in [0.1, 0.15) is 21.1 Å². The smallest absolute Gasteiger partial charge is 0.275 e. The number of primary amides is 1. The van der Waals surface area contributed by atoms with Crippen molar-refractivity contribution in [2.24, 2.45) is 5.73 Å². The number of aryl methyl sites for hydroxylation is 2. The molecule has 7 heteroatoms. The van der Waals surface area contributed by atoms with Crippen molar-refractivity contribution in [3.05, 3.63) is 40.5 Å².